The van der Waals surface area contributed by atoms with E-state index < -0.39 is 12.1 Å². The molecule has 1 fully saturated rings. The van der Waals surface area contributed by atoms with Gasteiger partial charge in [0, 0.05) is 23.8 Å². The summed E-state index contributed by atoms with van der Waals surface area (Å²) in [6, 6.07) is 12.9. The molecule has 30 heavy (non-hydrogen) atoms. The van der Waals surface area contributed by atoms with Crippen LogP contribution in [0, 0.1) is 0 Å². The third-order valence-electron chi connectivity index (χ3n) is 5.13. The molecule has 1 aromatic heterocycles. The summed E-state index contributed by atoms with van der Waals surface area (Å²) in [6.07, 6.45) is 2.08. The molecule has 0 bridgehead atoms. The molecule has 6 nitrogen and oxygen atoms in total. The van der Waals surface area contributed by atoms with Crippen molar-refractivity contribution in [2.24, 2.45) is 7.05 Å². The second-order valence-corrected chi connectivity index (χ2v) is 8.12. The highest BCUT2D eigenvalue weighted by molar-refractivity contribution is 6.34. The molecule has 2 aromatic carbocycles. The lowest BCUT2D eigenvalue weighted by Gasteiger charge is -2.27. The third kappa shape index (κ3) is 4.46. The molecular weight excluding hydrogens is 425 g/mol. The lowest BCUT2D eigenvalue weighted by atomic mass is 9.88. The van der Waals surface area contributed by atoms with Crippen LogP contribution in [0.2, 0.25) is 10.0 Å². The van der Waals surface area contributed by atoms with Gasteiger partial charge in [0.25, 0.3) is 0 Å². The molecule has 2 heterocycles. The van der Waals surface area contributed by atoms with Crippen molar-refractivity contribution >= 4 is 29.1 Å². The van der Waals surface area contributed by atoms with Gasteiger partial charge in [-0.05, 0) is 60.4 Å². The highest BCUT2D eigenvalue weighted by Crippen LogP contribution is 2.37. The van der Waals surface area contributed by atoms with Gasteiger partial charge >= 0.3 is 0 Å². The number of carbonyl (C=O) groups is 1. The Morgan fingerprint density at radius 3 is 2.70 bits per heavy atom. The first-order valence-electron chi connectivity index (χ1n) is 9.60. The summed E-state index contributed by atoms with van der Waals surface area (Å²) in [5, 5.41) is 17.5. The van der Waals surface area contributed by atoms with Crippen molar-refractivity contribution in [3.05, 3.63) is 70.0 Å². The number of aromatic nitrogens is 2. The number of carbonyl (C=O) groups excluding carboxylic acids is 1. The molecule has 3 aromatic rings. The van der Waals surface area contributed by atoms with E-state index in [-0.39, 0.29) is 5.91 Å². The van der Waals surface area contributed by atoms with Crippen LogP contribution in [0.25, 0.3) is 11.1 Å². The van der Waals surface area contributed by atoms with Crippen molar-refractivity contribution in [1.82, 2.24) is 15.1 Å². The minimum atomic E-state index is -0.802. The van der Waals surface area contributed by atoms with Crippen LogP contribution < -0.4 is 10.1 Å². The zero-order valence-corrected chi connectivity index (χ0v) is 17.8. The minimum absolute atomic E-state index is 0.225. The summed E-state index contributed by atoms with van der Waals surface area (Å²) in [6.45, 7) is 0.351. The number of nitrogens with one attached hydrogen (secondary N) is 1. The van der Waals surface area contributed by atoms with Crippen molar-refractivity contribution < 1.29 is 14.6 Å². The van der Waals surface area contributed by atoms with Crippen molar-refractivity contribution in [3.63, 3.8) is 0 Å². The van der Waals surface area contributed by atoms with Crippen LogP contribution in [-0.2, 0) is 18.4 Å². The molecule has 2 atom stereocenters. The van der Waals surface area contributed by atoms with Crippen LogP contribution in [0.4, 0.5) is 0 Å². The number of amides is 1. The average Bonchev–Trinajstić information content (AvgIpc) is 3.13. The zero-order valence-electron chi connectivity index (χ0n) is 16.3. The Hall–Kier alpha value is -2.54. The fraction of sp³-hybridized carbons (Fsp3) is 0.273. The lowest BCUT2D eigenvalue weighted by Crippen LogP contribution is -2.42. The number of ether oxygens (including phenoxy) is 1. The second kappa shape index (κ2) is 8.68. The first-order chi connectivity index (χ1) is 14.4. The Labute approximate surface area is 184 Å². The molecule has 2 N–H and O–H groups in total. The number of hydrogen-bond donors (Lipinski definition) is 2. The molecule has 1 saturated heterocycles. The number of rotatable bonds is 5. The Morgan fingerprint density at radius 2 is 2.00 bits per heavy atom. The number of halogens is 2. The van der Waals surface area contributed by atoms with E-state index in [4.69, 9.17) is 27.9 Å². The maximum atomic E-state index is 12.3. The molecular formula is C22H21Cl2N3O3. The van der Waals surface area contributed by atoms with Crippen LogP contribution in [0.3, 0.4) is 0 Å². The van der Waals surface area contributed by atoms with E-state index in [1.54, 1.807) is 16.8 Å². The van der Waals surface area contributed by atoms with Crippen molar-refractivity contribution in [2.45, 2.75) is 31.6 Å². The summed E-state index contributed by atoms with van der Waals surface area (Å²) in [5.74, 6) is 0.0157. The van der Waals surface area contributed by atoms with Gasteiger partial charge in [0.05, 0.1) is 16.6 Å². The third-order valence-corrected chi connectivity index (χ3v) is 5.79. The van der Waals surface area contributed by atoms with Gasteiger partial charge in [0.1, 0.15) is 18.6 Å². The smallest absolute Gasteiger partial charge is 0.229 e. The average molecular weight is 446 g/mol. The topological polar surface area (TPSA) is 76.4 Å². The largest absolute Gasteiger partial charge is 0.487 e. The molecule has 0 radical (unpaired) electrons. The summed E-state index contributed by atoms with van der Waals surface area (Å²) >= 11 is 12.9. The normalized spacial score (nSPS) is 18.9. The quantitative estimate of drug-likeness (QED) is 0.614. The summed E-state index contributed by atoms with van der Waals surface area (Å²) in [5.41, 5.74) is 3.23. The predicted octanol–water partition coefficient (Wildman–Crippen LogP) is 4.28. The first-order valence-corrected chi connectivity index (χ1v) is 10.4. The van der Waals surface area contributed by atoms with Gasteiger partial charge in [-0.2, -0.15) is 5.10 Å². The highest BCUT2D eigenvalue weighted by Gasteiger charge is 2.29. The highest BCUT2D eigenvalue weighted by atomic mass is 35.5. The Balaban J connectivity index is 1.55. The number of nitrogens with zero attached hydrogens (tertiary/aromatic N) is 2. The number of benzene rings is 2. The van der Waals surface area contributed by atoms with Gasteiger partial charge in [-0.3, -0.25) is 9.48 Å². The van der Waals surface area contributed by atoms with Crippen molar-refractivity contribution in [2.75, 3.05) is 0 Å². The van der Waals surface area contributed by atoms with Crippen molar-refractivity contribution in [3.8, 4) is 16.9 Å². The van der Waals surface area contributed by atoms with E-state index in [9.17, 15) is 9.90 Å². The lowest BCUT2D eigenvalue weighted by molar-refractivity contribution is -0.128. The molecule has 1 aliphatic rings. The zero-order chi connectivity index (χ0) is 21.3. The Morgan fingerprint density at radius 1 is 1.17 bits per heavy atom. The molecule has 2 unspecified atom stereocenters. The van der Waals surface area contributed by atoms with E-state index in [0.29, 0.717) is 35.2 Å². The molecule has 1 aliphatic heterocycles. The minimum Gasteiger partial charge on any atom is -0.487 e. The van der Waals surface area contributed by atoms with Crippen LogP contribution in [0.5, 0.6) is 5.75 Å². The van der Waals surface area contributed by atoms with Crippen LogP contribution in [0.15, 0.2) is 48.7 Å². The van der Waals surface area contributed by atoms with E-state index in [1.807, 2.05) is 43.6 Å². The van der Waals surface area contributed by atoms with E-state index in [1.165, 1.54) is 0 Å². The van der Waals surface area contributed by atoms with Crippen LogP contribution >= 0.6 is 23.2 Å². The standard InChI is InChI=1S/C22H21Cl2N3O3/c1-27-9-8-14(26-27)12-30-15-3-4-16(20(24)11-15)13-2-6-19(23)18(10-13)17-5-7-21(28)25-22(17)29/h2-4,6,8-11,17,21,28H,5,7,12H2,1H3,(H,25,29). The van der Waals surface area contributed by atoms with Crippen LogP contribution in [0.1, 0.15) is 30.0 Å². The molecule has 156 valence electrons. The summed E-state index contributed by atoms with van der Waals surface area (Å²) in [7, 11) is 1.86. The summed E-state index contributed by atoms with van der Waals surface area (Å²) in [4.78, 5) is 12.3. The number of aryl methyl sites for hydroxylation is 1. The second-order valence-electron chi connectivity index (χ2n) is 7.30. The SMILES string of the molecule is Cn1ccc(COc2ccc(-c3ccc(Cl)c(C4CCC(O)NC4=O)c3)c(Cl)c2)n1. The van der Waals surface area contributed by atoms with Crippen molar-refractivity contribution in [1.29, 1.82) is 0 Å². The van der Waals surface area contributed by atoms with Gasteiger partial charge in [-0.15, -0.1) is 0 Å². The monoisotopic (exact) mass is 445 g/mol. The maximum Gasteiger partial charge on any atom is 0.229 e. The fourth-order valence-electron chi connectivity index (χ4n) is 3.58. The number of hydrogen-bond acceptors (Lipinski definition) is 4. The molecule has 0 saturated carbocycles. The first kappa shape index (κ1) is 20.7. The predicted molar refractivity (Wildman–Crippen MR) is 116 cm³/mol. The van der Waals surface area contributed by atoms with E-state index >= 15 is 0 Å². The Kier molecular flexibility index (Phi) is 5.99. The molecule has 1 amide bonds. The van der Waals surface area contributed by atoms with Gasteiger partial charge in [0.2, 0.25) is 5.91 Å². The summed E-state index contributed by atoms with van der Waals surface area (Å²) < 4.78 is 7.50. The van der Waals surface area contributed by atoms with Crippen LogP contribution in [-0.4, -0.2) is 27.0 Å². The van der Waals surface area contributed by atoms with Gasteiger partial charge in [0.15, 0.2) is 0 Å². The Bertz CT molecular complexity index is 1080. The molecule has 8 heteroatoms. The van der Waals surface area contributed by atoms with Gasteiger partial charge < -0.3 is 15.2 Å². The number of aliphatic hydroxyl groups excluding tert-OH is 1. The fourth-order valence-corrected chi connectivity index (χ4v) is 4.11. The molecule has 4 rings (SSSR count). The van der Waals surface area contributed by atoms with Gasteiger partial charge in [-0.25, -0.2) is 0 Å². The molecule has 0 spiro atoms. The molecule has 0 aliphatic carbocycles. The van der Waals surface area contributed by atoms with E-state index in [0.717, 1.165) is 22.4 Å². The maximum absolute atomic E-state index is 12.3. The number of piperidine rings is 1. The number of aliphatic hydroxyl groups is 1. The van der Waals surface area contributed by atoms with Gasteiger partial charge in [-0.1, -0.05) is 29.3 Å². The van der Waals surface area contributed by atoms with E-state index in [2.05, 4.69) is 10.4 Å².